The zero-order valence-electron chi connectivity index (χ0n) is 5.43. The Morgan fingerprint density at radius 2 is 2.60 bits per heavy atom. The Hall–Kier alpha value is -0.410. The Labute approximate surface area is 67.9 Å². The lowest BCUT2D eigenvalue weighted by atomic mass is 10.3. The Morgan fingerprint density at radius 1 is 1.90 bits per heavy atom. The second-order valence-corrected chi connectivity index (χ2v) is 3.25. The highest BCUT2D eigenvalue weighted by atomic mass is 35.5. The quantitative estimate of drug-likeness (QED) is 0.642. The molecule has 1 aromatic rings. The molecule has 1 aromatic heterocycles. The van der Waals surface area contributed by atoms with Crippen molar-refractivity contribution in [1.29, 1.82) is 0 Å². The number of carbonyl (C=O) groups is 1. The lowest BCUT2D eigenvalue weighted by Crippen LogP contribution is -1.91. The molecular weight excluding hydrogens is 170 g/mol. The number of rotatable bonds is 2. The zero-order valence-corrected chi connectivity index (χ0v) is 7.00. The number of halogens is 1. The molecule has 0 radical (unpaired) electrons. The van der Waals surface area contributed by atoms with Gasteiger partial charge in [-0.25, -0.2) is 4.98 Å². The van der Waals surface area contributed by atoms with Crippen molar-refractivity contribution in [2.24, 2.45) is 0 Å². The number of aromatic nitrogens is 1. The van der Waals surface area contributed by atoms with Crippen molar-refractivity contribution in [3.63, 3.8) is 0 Å². The Kier molecular flexibility index (Phi) is 2.40. The van der Waals surface area contributed by atoms with Crippen LogP contribution in [0, 0.1) is 6.92 Å². The molecule has 0 unspecified atom stereocenters. The van der Waals surface area contributed by atoms with Gasteiger partial charge in [0, 0.05) is 4.88 Å². The van der Waals surface area contributed by atoms with E-state index in [1.807, 2.05) is 6.92 Å². The first-order valence-electron chi connectivity index (χ1n) is 2.77. The van der Waals surface area contributed by atoms with E-state index in [4.69, 9.17) is 11.6 Å². The topological polar surface area (TPSA) is 30.0 Å². The Morgan fingerprint density at radius 3 is 3.00 bits per heavy atom. The van der Waals surface area contributed by atoms with E-state index < -0.39 is 0 Å². The summed E-state index contributed by atoms with van der Waals surface area (Å²) in [5, 5.41) is -0.327. The first-order chi connectivity index (χ1) is 4.70. The molecular formula is C6H6ClNOS. The predicted molar refractivity (Wildman–Crippen MR) is 41.4 cm³/mol. The fraction of sp³-hybridized carbons (Fsp3) is 0.333. The van der Waals surface area contributed by atoms with Crippen LogP contribution in [-0.2, 0) is 11.2 Å². The summed E-state index contributed by atoms with van der Waals surface area (Å²) in [6.07, 6.45) is 0.304. The van der Waals surface area contributed by atoms with E-state index in [-0.39, 0.29) is 5.24 Å². The molecule has 2 nitrogen and oxygen atoms in total. The molecule has 0 aliphatic carbocycles. The fourth-order valence-electron chi connectivity index (χ4n) is 0.622. The average Bonchev–Trinajstić information content (AvgIpc) is 2.15. The lowest BCUT2D eigenvalue weighted by molar-refractivity contribution is -0.111. The second kappa shape index (κ2) is 3.12. The molecule has 0 saturated carbocycles. The van der Waals surface area contributed by atoms with Gasteiger partial charge in [-0.3, -0.25) is 4.79 Å². The Bertz CT molecular complexity index is 246. The summed E-state index contributed by atoms with van der Waals surface area (Å²) in [7, 11) is 0. The SMILES string of the molecule is Cc1ncsc1CC(=O)Cl. The molecule has 0 aliphatic rings. The van der Waals surface area contributed by atoms with Crippen molar-refractivity contribution < 1.29 is 4.79 Å². The van der Waals surface area contributed by atoms with E-state index in [1.54, 1.807) is 5.51 Å². The minimum absolute atomic E-state index is 0.304. The van der Waals surface area contributed by atoms with Crippen LogP contribution in [0.2, 0.25) is 0 Å². The van der Waals surface area contributed by atoms with Gasteiger partial charge >= 0.3 is 0 Å². The second-order valence-electron chi connectivity index (χ2n) is 1.89. The van der Waals surface area contributed by atoms with Gasteiger partial charge in [0.25, 0.3) is 0 Å². The molecule has 0 saturated heterocycles. The monoisotopic (exact) mass is 175 g/mol. The third kappa shape index (κ3) is 1.78. The van der Waals surface area contributed by atoms with E-state index in [9.17, 15) is 4.79 Å². The summed E-state index contributed by atoms with van der Waals surface area (Å²) < 4.78 is 0. The number of aryl methyl sites for hydroxylation is 1. The molecule has 0 aromatic carbocycles. The van der Waals surface area contributed by atoms with Crippen LogP contribution >= 0.6 is 22.9 Å². The molecule has 0 fully saturated rings. The van der Waals surface area contributed by atoms with Crippen molar-refractivity contribution in [3.8, 4) is 0 Å². The summed E-state index contributed by atoms with van der Waals surface area (Å²) in [5.41, 5.74) is 2.61. The maximum absolute atomic E-state index is 10.4. The molecule has 54 valence electrons. The number of thiazole rings is 1. The van der Waals surface area contributed by atoms with Crippen LogP contribution in [0.3, 0.4) is 0 Å². The molecule has 0 bridgehead atoms. The van der Waals surface area contributed by atoms with E-state index in [0.717, 1.165) is 10.6 Å². The minimum Gasteiger partial charge on any atom is -0.281 e. The van der Waals surface area contributed by atoms with Crippen LogP contribution in [0.5, 0.6) is 0 Å². The molecule has 1 rings (SSSR count). The molecule has 0 spiro atoms. The fourth-order valence-corrected chi connectivity index (χ4v) is 1.61. The van der Waals surface area contributed by atoms with E-state index in [0.29, 0.717) is 6.42 Å². The summed E-state index contributed by atoms with van der Waals surface area (Å²) >= 11 is 6.64. The minimum atomic E-state index is -0.327. The molecule has 4 heteroatoms. The average molecular weight is 176 g/mol. The molecule has 10 heavy (non-hydrogen) atoms. The molecule has 0 aliphatic heterocycles. The highest BCUT2D eigenvalue weighted by molar-refractivity contribution is 7.10. The summed E-state index contributed by atoms with van der Waals surface area (Å²) in [4.78, 5) is 15.3. The van der Waals surface area contributed by atoms with Crippen molar-refractivity contribution in [3.05, 3.63) is 16.1 Å². The predicted octanol–water partition coefficient (Wildman–Crippen LogP) is 1.76. The third-order valence-corrected chi connectivity index (χ3v) is 2.21. The van der Waals surface area contributed by atoms with Gasteiger partial charge in [0.15, 0.2) is 0 Å². The first-order valence-corrected chi connectivity index (χ1v) is 4.03. The van der Waals surface area contributed by atoms with Crippen LogP contribution in [0.4, 0.5) is 0 Å². The van der Waals surface area contributed by atoms with Gasteiger partial charge in [0.1, 0.15) is 0 Å². The summed E-state index contributed by atoms with van der Waals surface area (Å²) in [6, 6.07) is 0. The maximum atomic E-state index is 10.4. The van der Waals surface area contributed by atoms with E-state index >= 15 is 0 Å². The highest BCUT2D eigenvalue weighted by Crippen LogP contribution is 2.13. The number of carbonyl (C=O) groups excluding carboxylic acids is 1. The first kappa shape index (κ1) is 7.69. The van der Waals surface area contributed by atoms with Crippen LogP contribution in [0.1, 0.15) is 10.6 Å². The van der Waals surface area contributed by atoms with Gasteiger partial charge in [0.05, 0.1) is 17.6 Å². The normalized spacial score (nSPS) is 9.80. The van der Waals surface area contributed by atoms with Gasteiger partial charge in [-0.05, 0) is 18.5 Å². The van der Waals surface area contributed by atoms with Gasteiger partial charge in [0.2, 0.25) is 5.24 Å². The van der Waals surface area contributed by atoms with Crippen molar-refractivity contribution in [2.45, 2.75) is 13.3 Å². The number of hydrogen-bond donors (Lipinski definition) is 0. The lowest BCUT2D eigenvalue weighted by Gasteiger charge is -1.88. The van der Waals surface area contributed by atoms with Crippen LogP contribution in [0.25, 0.3) is 0 Å². The Balaban J connectivity index is 2.74. The van der Waals surface area contributed by atoms with Gasteiger partial charge < -0.3 is 0 Å². The standard InChI is InChI=1S/C6H6ClNOS/c1-4-5(2-6(7)9)10-3-8-4/h3H,2H2,1H3. The van der Waals surface area contributed by atoms with E-state index in [1.165, 1.54) is 11.3 Å². The largest absolute Gasteiger partial charge is 0.281 e. The maximum Gasteiger partial charge on any atom is 0.226 e. The molecule has 0 amide bonds. The van der Waals surface area contributed by atoms with Crippen molar-refractivity contribution in [1.82, 2.24) is 4.98 Å². The highest BCUT2D eigenvalue weighted by Gasteiger charge is 2.04. The van der Waals surface area contributed by atoms with E-state index in [2.05, 4.69) is 4.98 Å². The third-order valence-electron chi connectivity index (χ3n) is 1.14. The molecule has 0 N–H and O–H groups in total. The molecule has 1 heterocycles. The van der Waals surface area contributed by atoms with Gasteiger partial charge in [-0.2, -0.15) is 0 Å². The van der Waals surface area contributed by atoms with Crippen LogP contribution in [-0.4, -0.2) is 10.2 Å². The molecule has 0 atom stereocenters. The number of hydrogen-bond acceptors (Lipinski definition) is 3. The van der Waals surface area contributed by atoms with Crippen molar-refractivity contribution >= 4 is 28.2 Å². The van der Waals surface area contributed by atoms with Gasteiger partial charge in [-0.1, -0.05) is 0 Å². The van der Waals surface area contributed by atoms with Gasteiger partial charge in [-0.15, -0.1) is 11.3 Å². The summed E-state index contributed by atoms with van der Waals surface area (Å²) in [6.45, 7) is 1.87. The van der Waals surface area contributed by atoms with Crippen molar-refractivity contribution in [2.75, 3.05) is 0 Å². The smallest absolute Gasteiger partial charge is 0.226 e. The number of nitrogens with zero attached hydrogens (tertiary/aromatic N) is 1. The van der Waals surface area contributed by atoms with Crippen LogP contribution in [0.15, 0.2) is 5.51 Å². The van der Waals surface area contributed by atoms with Crippen LogP contribution < -0.4 is 0 Å². The zero-order chi connectivity index (χ0) is 7.56. The summed E-state index contributed by atoms with van der Waals surface area (Å²) in [5.74, 6) is 0.